The molecular weight excluding hydrogens is 364 g/mol. The van der Waals surface area contributed by atoms with Crippen LogP contribution < -0.4 is 5.32 Å². The van der Waals surface area contributed by atoms with Crippen LogP contribution in [0.1, 0.15) is 37.1 Å². The number of nitrogens with one attached hydrogen (secondary N) is 1. The number of aromatic nitrogens is 1. The molecule has 3 rings (SSSR count). The molecule has 2 heterocycles. The molecule has 146 valence electrons. The fraction of sp³-hybridized carbons (Fsp3) is 0.550. The predicted molar refractivity (Wildman–Crippen MR) is 105 cm³/mol. The van der Waals surface area contributed by atoms with E-state index >= 15 is 0 Å². The number of aryl methyl sites for hydroxylation is 1. The van der Waals surface area contributed by atoms with Crippen molar-refractivity contribution in [1.29, 1.82) is 0 Å². The zero-order chi connectivity index (χ0) is 19.1. The van der Waals surface area contributed by atoms with Gasteiger partial charge < -0.3 is 15.2 Å². The van der Waals surface area contributed by atoms with Crippen molar-refractivity contribution in [2.45, 2.75) is 38.5 Å². The molecule has 1 atom stereocenters. The molecule has 1 fully saturated rings. The van der Waals surface area contributed by atoms with E-state index < -0.39 is 11.9 Å². The van der Waals surface area contributed by atoms with Crippen molar-refractivity contribution >= 4 is 33.4 Å². The smallest absolute Gasteiger partial charge is 0.308 e. The van der Waals surface area contributed by atoms with Crippen molar-refractivity contribution in [3.05, 3.63) is 29.3 Å². The van der Waals surface area contributed by atoms with Crippen LogP contribution in [0.3, 0.4) is 0 Å². The largest absolute Gasteiger partial charge is 0.481 e. The average molecular weight is 391 g/mol. The van der Waals surface area contributed by atoms with Gasteiger partial charge in [-0.3, -0.25) is 9.59 Å². The van der Waals surface area contributed by atoms with Gasteiger partial charge in [0.15, 0.2) is 0 Å². The molecule has 1 unspecified atom stereocenters. The summed E-state index contributed by atoms with van der Waals surface area (Å²) in [7, 11) is 0. The number of aliphatic carboxylic acids is 1. The van der Waals surface area contributed by atoms with Crippen LogP contribution in [0.2, 0.25) is 0 Å². The summed E-state index contributed by atoms with van der Waals surface area (Å²) >= 11 is 1.70. The molecule has 27 heavy (non-hydrogen) atoms. The van der Waals surface area contributed by atoms with Crippen molar-refractivity contribution in [1.82, 2.24) is 10.3 Å². The van der Waals surface area contributed by atoms with Crippen LogP contribution in [-0.2, 0) is 20.7 Å². The Morgan fingerprint density at radius 2 is 2.04 bits per heavy atom. The Morgan fingerprint density at radius 3 is 2.78 bits per heavy atom. The minimum Gasteiger partial charge on any atom is -0.481 e. The molecule has 7 heteroatoms. The number of ether oxygens (including phenoxy) is 1. The van der Waals surface area contributed by atoms with Crippen LogP contribution in [0.4, 0.5) is 0 Å². The van der Waals surface area contributed by atoms with Crippen molar-refractivity contribution < 1.29 is 19.4 Å². The van der Waals surface area contributed by atoms with Gasteiger partial charge in [0.2, 0.25) is 5.91 Å². The van der Waals surface area contributed by atoms with E-state index in [1.54, 1.807) is 11.3 Å². The van der Waals surface area contributed by atoms with Crippen LogP contribution in [0.15, 0.2) is 24.3 Å². The van der Waals surface area contributed by atoms with Gasteiger partial charge >= 0.3 is 5.97 Å². The molecule has 0 bridgehead atoms. The number of nitrogens with zero attached hydrogens (tertiary/aromatic N) is 1. The van der Waals surface area contributed by atoms with Gasteiger partial charge in [0.1, 0.15) is 0 Å². The van der Waals surface area contributed by atoms with Crippen LogP contribution in [0, 0.1) is 11.8 Å². The normalized spacial score (nSPS) is 16.3. The van der Waals surface area contributed by atoms with Crippen LogP contribution in [0.25, 0.3) is 10.2 Å². The molecular formula is C20H26N2O4S. The van der Waals surface area contributed by atoms with Crippen LogP contribution in [-0.4, -0.2) is 41.7 Å². The minimum atomic E-state index is -0.835. The average Bonchev–Trinajstić information content (AvgIpc) is 3.09. The van der Waals surface area contributed by atoms with Crippen LogP contribution in [0.5, 0.6) is 0 Å². The number of benzene rings is 1. The Kier molecular flexibility index (Phi) is 7.18. The first-order valence-corrected chi connectivity index (χ1v) is 10.4. The number of carboxylic acids is 1. The molecule has 1 aromatic heterocycles. The Balaban J connectivity index is 1.36. The topological polar surface area (TPSA) is 88.5 Å². The molecule has 2 N–H and O–H groups in total. The SMILES string of the molecule is O=C(CCCCc1nc2ccccc2s1)NCC(C(=O)O)C1CCOCC1. The third-order valence-corrected chi connectivity index (χ3v) is 6.15. The molecule has 0 aliphatic carbocycles. The van der Waals surface area contributed by atoms with Gasteiger partial charge in [0, 0.05) is 26.2 Å². The summed E-state index contributed by atoms with van der Waals surface area (Å²) < 4.78 is 6.48. The standard InChI is InChI=1S/C20H26N2O4S/c23-18(21-13-15(20(24)25)14-9-11-26-12-10-14)7-3-4-8-19-22-16-5-1-2-6-17(16)27-19/h1-2,5-6,14-15H,3-4,7-13H2,(H,21,23)(H,24,25). The number of para-hydroxylation sites is 1. The van der Waals surface area contributed by atoms with E-state index in [-0.39, 0.29) is 18.4 Å². The van der Waals surface area contributed by atoms with E-state index in [4.69, 9.17) is 4.74 Å². The lowest BCUT2D eigenvalue weighted by molar-refractivity contribution is -0.145. The summed E-state index contributed by atoms with van der Waals surface area (Å²) in [4.78, 5) is 28.2. The number of fused-ring (bicyclic) bond motifs is 1. The summed E-state index contributed by atoms with van der Waals surface area (Å²) in [6, 6.07) is 8.08. The fourth-order valence-electron chi connectivity index (χ4n) is 3.47. The number of carboxylic acid groups (broad SMARTS) is 1. The molecule has 6 nitrogen and oxygen atoms in total. The van der Waals surface area contributed by atoms with E-state index in [2.05, 4.69) is 16.4 Å². The zero-order valence-electron chi connectivity index (χ0n) is 15.4. The maximum absolute atomic E-state index is 12.1. The van der Waals surface area contributed by atoms with Gasteiger partial charge in [-0.05, 0) is 50.2 Å². The lowest BCUT2D eigenvalue weighted by Gasteiger charge is -2.27. The van der Waals surface area contributed by atoms with Gasteiger partial charge in [-0.2, -0.15) is 0 Å². The molecule has 0 spiro atoms. The molecule has 0 saturated carbocycles. The first-order chi connectivity index (χ1) is 13.1. The van der Waals surface area contributed by atoms with E-state index in [1.807, 2.05) is 18.2 Å². The highest BCUT2D eigenvalue weighted by Crippen LogP contribution is 2.24. The molecule has 2 aromatic rings. The number of unbranched alkanes of at least 4 members (excludes halogenated alkanes) is 1. The summed E-state index contributed by atoms with van der Waals surface area (Å²) in [5, 5.41) is 13.3. The second-order valence-electron chi connectivity index (χ2n) is 6.98. The van der Waals surface area contributed by atoms with Gasteiger partial charge in [0.05, 0.1) is 21.1 Å². The lowest BCUT2D eigenvalue weighted by atomic mass is 9.86. The minimum absolute atomic E-state index is 0.0717. The van der Waals surface area contributed by atoms with Gasteiger partial charge in [-0.25, -0.2) is 4.98 Å². The summed E-state index contributed by atoms with van der Waals surface area (Å²) in [6.07, 6.45) is 4.45. The number of carbonyl (C=O) groups excluding carboxylic acids is 1. The first-order valence-electron chi connectivity index (χ1n) is 9.55. The number of carbonyl (C=O) groups is 2. The van der Waals surface area contributed by atoms with E-state index in [0.29, 0.717) is 19.6 Å². The highest BCUT2D eigenvalue weighted by atomic mass is 32.1. The van der Waals surface area contributed by atoms with Crippen molar-refractivity contribution in [3.63, 3.8) is 0 Å². The molecule has 1 amide bonds. The van der Waals surface area contributed by atoms with E-state index in [0.717, 1.165) is 42.6 Å². The summed E-state index contributed by atoms with van der Waals surface area (Å²) in [5.41, 5.74) is 1.03. The Hall–Kier alpha value is -1.99. The van der Waals surface area contributed by atoms with Gasteiger partial charge in [0.25, 0.3) is 0 Å². The van der Waals surface area contributed by atoms with Crippen LogP contribution >= 0.6 is 11.3 Å². The number of hydrogen-bond acceptors (Lipinski definition) is 5. The number of rotatable bonds is 9. The van der Waals surface area contributed by atoms with Crippen molar-refractivity contribution in [2.24, 2.45) is 11.8 Å². The summed E-state index contributed by atoms with van der Waals surface area (Å²) in [6.45, 7) is 1.42. The second-order valence-corrected chi connectivity index (χ2v) is 8.10. The predicted octanol–water partition coefficient (Wildman–Crippen LogP) is 3.25. The Morgan fingerprint density at radius 1 is 1.26 bits per heavy atom. The number of amides is 1. The maximum atomic E-state index is 12.1. The van der Waals surface area contributed by atoms with E-state index in [1.165, 1.54) is 4.70 Å². The van der Waals surface area contributed by atoms with Crippen molar-refractivity contribution in [3.8, 4) is 0 Å². The number of hydrogen-bond donors (Lipinski definition) is 2. The van der Waals surface area contributed by atoms with Gasteiger partial charge in [-0.15, -0.1) is 11.3 Å². The Bertz CT molecular complexity index is 737. The Labute approximate surface area is 162 Å². The summed E-state index contributed by atoms with van der Waals surface area (Å²) in [5.74, 6) is -1.35. The molecule has 1 aliphatic heterocycles. The molecule has 1 aromatic carbocycles. The first kappa shape index (κ1) is 19.8. The maximum Gasteiger partial charge on any atom is 0.308 e. The third-order valence-electron chi connectivity index (χ3n) is 5.05. The van der Waals surface area contributed by atoms with Crippen molar-refractivity contribution in [2.75, 3.05) is 19.8 Å². The third kappa shape index (κ3) is 5.74. The highest BCUT2D eigenvalue weighted by Gasteiger charge is 2.29. The quantitative estimate of drug-likeness (QED) is 0.642. The molecule has 1 saturated heterocycles. The van der Waals surface area contributed by atoms with E-state index in [9.17, 15) is 14.7 Å². The zero-order valence-corrected chi connectivity index (χ0v) is 16.2. The fourth-order valence-corrected chi connectivity index (χ4v) is 4.48. The number of thiazole rings is 1. The molecule has 1 aliphatic rings. The molecule has 0 radical (unpaired) electrons. The second kappa shape index (κ2) is 9.80. The van der Waals surface area contributed by atoms with Gasteiger partial charge in [-0.1, -0.05) is 12.1 Å². The monoisotopic (exact) mass is 390 g/mol. The lowest BCUT2D eigenvalue weighted by Crippen LogP contribution is -2.38. The highest BCUT2D eigenvalue weighted by molar-refractivity contribution is 7.18.